The van der Waals surface area contributed by atoms with Crippen molar-refractivity contribution in [3.8, 4) is 5.75 Å². The van der Waals surface area contributed by atoms with Gasteiger partial charge in [-0.25, -0.2) is 5.01 Å². The molecule has 8 heteroatoms. The van der Waals surface area contributed by atoms with Crippen LogP contribution in [0.15, 0.2) is 48.5 Å². The van der Waals surface area contributed by atoms with Crippen LogP contribution in [0.1, 0.15) is 33.6 Å². The third-order valence-corrected chi connectivity index (χ3v) is 4.62. The highest BCUT2D eigenvalue weighted by atomic mass is 35.5. The van der Waals surface area contributed by atoms with E-state index in [0.29, 0.717) is 5.75 Å². The summed E-state index contributed by atoms with van der Waals surface area (Å²) in [5, 5.41) is 1.76. The average Bonchev–Trinajstić information content (AvgIpc) is 3.04. The standard InChI is InChI=1S/C20H17ClN2O5/c1-28-14-6-4-5-13(11-14)17(24)12-22(23-18(25)9-10-19(23)26)20(27)15-7-2-3-8-16(15)21/h2-8,11H,9-10,12H2,1H3. The van der Waals surface area contributed by atoms with Gasteiger partial charge in [-0.3, -0.25) is 19.2 Å². The highest BCUT2D eigenvalue weighted by molar-refractivity contribution is 6.34. The number of benzene rings is 2. The Bertz CT molecular complexity index is 943. The molecule has 0 saturated carbocycles. The van der Waals surface area contributed by atoms with Crippen molar-refractivity contribution in [2.24, 2.45) is 0 Å². The van der Waals surface area contributed by atoms with Crippen molar-refractivity contribution in [2.75, 3.05) is 13.7 Å². The van der Waals surface area contributed by atoms with Crippen molar-refractivity contribution in [1.29, 1.82) is 0 Å². The van der Waals surface area contributed by atoms with Crippen molar-refractivity contribution in [2.45, 2.75) is 12.8 Å². The normalized spacial score (nSPS) is 13.6. The number of rotatable bonds is 6. The molecular weight excluding hydrogens is 384 g/mol. The molecule has 0 aliphatic carbocycles. The van der Waals surface area contributed by atoms with Crippen LogP contribution in [0.25, 0.3) is 0 Å². The summed E-state index contributed by atoms with van der Waals surface area (Å²) in [6.07, 6.45) is -0.0308. The number of carbonyl (C=O) groups excluding carboxylic acids is 4. The zero-order valence-corrected chi connectivity index (χ0v) is 15.8. The Hall–Kier alpha value is -3.19. The molecule has 3 rings (SSSR count). The molecular formula is C20H17ClN2O5. The topological polar surface area (TPSA) is 84.0 Å². The molecule has 0 radical (unpaired) electrons. The fraction of sp³-hybridized carbons (Fsp3) is 0.200. The molecule has 0 spiro atoms. The molecule has 1 aliphatic rings. The van der Waals surface area contributed by atoms with Crippen molar-refractivity contribution in [1.82, 2.24) is 10.0 Å². The lowest BCUT2D eigenvalue weighted by Crippen LogP contribution is -2.51. The number of imide groups is 1. The van der Waals surface area contributed by atoms with Gasteiger partial charge in [0.05, 0.1) is 17.7 Å². The molecule has 3 amide bonds. The van der Waals surface area contributed by atoms with Crippen LogP contribution < -0.4 is 4.74 Å². The van der Waals surface area contributed by atoms with Gasteiger partial charge in [-0.15, -0.1) is 0 Å². The van der Waals surface area contributed by atoms with Crippen LogP contribution in [-0.4, -0.2) is 47.2 Å². The van der Waals surface area contributed by atoms with Crippen molar-refractivity contribution in [3.05, 3.63) is 64.7 Å². The second-order valence-corrected chi connectivity index (χ2v) is 6.50. The number of hydrogen-bond donors (Lipinski definition) is 0. The van der Waals surface area contributed by atoms with E-state index in [9.17, 15) is 19.2 Å². The first-order valence-corrected chi connectivity index (χ1v) is 8.89. The highest BCUT2D eigenvalue weighted by Gasteiger charge is 2.38. The van der Waals surface area contributed by atoms with Crippen LogP contribution in [0.4, 0.5) is 0 Å². The lowest BCUT2D eigenvalue weighted by Gasteiger charge is -2.29. The minimum atomic E-state index is -0.703. The Morgan fingerprint density at radius 1 is 1.07 bits per heavy atom. The molecule has 144 valence electrons. The van der Waals surface area contributed by atoms with E-state index in [4.69, 9.17) is 16.3 Å². The van der Waals surface area contributed by atoms with Crippen LogP contribution in [-0.2, 0) is 9.59 Å². The number of ether oxygens (including phenoxy) is 1. The van der Waals surface area contributed by atoms with Gasteiger partial charge in [0.2, 0.25) is 11.8 Å². The van der Waals surface area contributed by atoms with Crippen molar-refractivity contribution >= 4 is 35.1 Å². The maximum atomic E-state index is 13.1. The maximum Gasteiger partial charge on any atom is 0.274 e. The van der Waals surface area contributed by atoms with Crippen LogP contribution >= 0.6 is 11.6 Å². The summed E-state index contributed by atoms with van der Waals surface area (Å²) in [4.78, 5) is 50.3. The SMILES string of the molecule is COc1cccc(C(=O)CN(C(=O)c2ccccc2Cl)N2C(=O)CCC2=O)c1. The molecule has 1 aliphatic heterocycles. The number of halogens is 1. The predicted octanol–water partition coefficient (Wildman–Crippen LogP) is 2.74. The third kappa shape index (κ3) is 3.89. The highest BCUT2D eigenvalue weighted by Crippen LogP contribution is 2.23. The number of methoxy groups -OCH3 is 1. The first-order valence-electron chi connectivity index (χ1n) is 8.51. The Balaban J connectivity index is 1.95. The quantitative estimate of drug-likeness (QED) is 0.550. The van der Waals surface area contributed by atoms with E-state index in [2.05, 4.69) is 0 Å². The van der Waals surface area contributed by atoms with E-state index >= 15 is 0 Å². The fourth-order valence-corrected chi connectivity index (χ4v) is 3.08. The fourth-order valence-electron chi connectivity index (χ4n) is 2.86. The Labute approximate surface area is 166 Å². The first-order chi connectivity index (χ1) is 13.4. The number of ketones is 1. The summed E-state index contributed by atoms with van der Waals surface area (Å²) in [6, 6.07) is 12.6. The van der Waals surface area contributed by atoms with E-state index in [-0.39, 0.29) is 29.0 Å². The molecule has 0 N–H and O–H groups in total. The largest absolute Gasteiger partial charge is 0.497 e. The molecule has 2 aromatic carbocycles. The van der Waals surface area contributed by atoms with Gasteiger partial charge in [0.1, 0.15) is 12.3 Å². The summed E-state index contributed by atoms with van der Waals surface area (Å²) in [5.41, 5.74) is 0.380. The third-order valence-electron chi connectivity index (χ3n) is 4.29. The van der Waals surface area contributed by atoms with Crippen LogP contribution in [0, 0.1) is 0 Å². The minimum absolute atomic E-state index is 0.0154. The van der Waals surface area contributed by atoms with Gasteiger partial charge >= 0.3 is 0 Å². The van der Waals surface area contributed by atoms with Crippen LogP contribution in [0.5, 0.6) is 5.75 Å². The summed E-state index contributed by atoms with van der Waals surface area (Å²) >= 11 is 6.10. The molecule has 7 nitrogen and oxygen atoms in total. The monoisotopic (exact) mass is 400 g/mol. The van der Waals surface area contributed by atoms with Crippen molar-refractivity contribution < 1.29 is 23.9 Å². The van der Waals surface area contributed by atoms with E-state index in [1.54, 1.807) is 30.3 Å². The maximum absolute atomic E-state index is 13.1. The molecule has 1 saturated heterocycles. The molecule has 28 heavy (non-hydrogen) atoms. The Morgan fingerprint density at radius 3 is 2.39 bits per heavy atom. The molecule has 0 aromatic heterocycles. The summed E-state index contributed by atoms with van der Waals surface area (Å²) < 4.78 is 5.11. The number of hydrazine groups is 1. The number of nitrogens with zero attached hydrogens (tertiary/aromatic N) is 2. The zero-order chi connectivity index (χ0) is 20.3. The smallest absolute Gasteiger partial charge is 0.274 e. The number of amides is 3. The second-order valence-electron chi connectivity index (χ2n) is 6.10. The molecule has 0 bridgehead atoms. The van der Waals surface area contributed by atoms with Gasteiger partial charge in [0.25, 0.3) is 5.91 Å². The van der Waals surface area contributed by atoms with Crippen LogP contribution in [0.3, 0.4) is 0 Å². The van der Waals surface area contributed by atoms with E-state index < -0.39 is 30.0 Å². The molecule has 1 fully saturated rings. The average molecular weight is 401 g/mol. The predicted molar refractivity (Wildman–Crippen MR) is 101 cm³/mol. The number of Topliss-reactive ketones (excluding diaryl/α,β-unsaturated/α-hetero) is 1. The molecule has 2 aromatic rings. The van der Waals surface area contributed by atoms with Crippen LogP contribution in [0.2, 0.25) is 5.02 Å². The van der Waals surface area contributed by atoms with Gasteiger partial charge < -0.3 is 4.74 Å². The Morgan fingerprint density at radius 2 is 1.75 bits per heavy atom. The molecule has 1 heterocycles. The molecule has 0 atom stereocenters. The van der Waals surface area contributed by atoms with E-state index in [1.807, 2.05) is 0 Å². The molecule has 0 unspecified atom stereocenters. The lowest BCUT2D eigenvalue weighted by atomic mass is 10.1. The van der Waals surface area contributed by atoms with E-state index in [1.165, 1.54) is 25.3 Å². The first kappa shape index (κ1) is 19.6. The summed E-state index contributed by atoms with van der Waals surface area (Å²) in [5.74, 6) is -1.76. The van der Waals surface area contributed by atoms with Gasteiger partial charge in [0, 0.05) is 18.4 Å². The van der Waals surface area contributed by atoms with Gasteiger partial charge in [-0.2, -0.15) is 5.01 Å². The summed E-state index contributed by atoms with van der Waals surface area (Å²) in [6.45, 7) is -0.491. The second kappa shape index (κ2) is 8.22. The van der Waals surface area contributed by atoms with Gasteiger partial charge in [-0.05, 0) is 24.3 Å². The Kier molecular flexibility index (Phi) is 5.75. The summed E-state index contributed by atoms with van der Waals surface area (Å²) in [7, 11) is 1.47. The lowest BCUT2D eigenvalue weighted by molar-refractivity contribution is -0.152. The van der Waals surface area contributed by atoms with Gasteiger partial charge in [-0.1, -0.05) is 35.9 Å². The van der Waals surface area contributed by atoms with E-state index in [0.717, 1.165) is 10.0 Å². The minimum Gasteiger partial charge on any atom is -0.497 e. The van der Waals surface area contributed by atoms with Crippen molar-refractivity contribution in [3.63, 3.8) is 0 Å². The number of carbonyl (C=O) groups is 4. The van der Waals surface area contributed by atoms with Gasteiger partial charge in [0.15, 0.2) is 5.78 Å². The zero-order valence-electron chi connectivity index (χ0n) is 15.1. The number of hydrogen-bond acceptors (Lipinski definition) is 5.